The maximum absolute atomic E-state index is 13.1. The van der Waals surface area contributed by atoms with Crippen molar-refractivity contribution >= 4 is 12.6 Å². The fourth-order valence-corrected chi connectivity index (χ4v) is 1.60. The summed E-state index contributed by atoms with van der Waals surface area (Å²) in [5.41, 5.74) is 0.862. The Morgan fingerprint density at radius 3 is 2.37 bits per heavy atom. The minimum absolute atomic E-state index is 0.0723. The van der Waals surface area contributed by atoms with Crippen molar-refractivity contribution in [2.45, 2.75) is 6.61 Å². The number of phenols is 1. The molecule has 0 bridgehead atoms. The van der Waals surface area contributed by atoms with Gasteiger partial charge in [0.15, 0.2) is 0 Å². The second kappa shape index (κ2) is 5.73. The predicted molar refractivity (Wildman–Crippen MR) is 68.7 cm³/mol. The summed E-state index contributed by atoms with van der Waals surface area (Å²) in [4.78, 5) is 0. The van der Waals surface area contributed by atoms with Crippen LogP contribution >= 0.6 is 0 Å². The Morgan fingerprint density at radius 1 is 1.05 bits per heavy atom. The predicted octanol–water partition coefficient (Wildman–Crippen LogP) is 0.790. The Labute approximate surface area is 109 Å². The van der Waals surface area contributed by atoms with E-state index in [1.807, 2.05) is 0 Å². The molecule has 0 aliphatic rings. The minimum Gasteiger partial charge on any atom is -0.508 e. The number of ether oxygens (including phenoxy) is 1. The molecule has 0 aromatic heterocycles. The smallest absolute Gasteiger partial charge is 0.492 e. The monoisotopic (exact) mass is 262 g/mol. The molecule has 4 nitrogen and oxygen atoms in total. The van der Waals surface area contributed by atoms with Gasteiger partial charge in [-0.25, -0.2) is 4.39 Å². The van der Waals surface area contributed by atoms with E-state index >= 15 is 0 Å². The van der Waals surface area contributed by atoms with Crippen molar-refractivity contribution in [1.29, 1.82) is 0 Å². The van der Waals surface area contributed by atoms with Crippen molar-refractivity contribution in [2.24, 2.45) is 0 Å². The molecule has 3 N–H and O–H groups in total. The van der Waals surface area contributed by atoms with E-state index in [2.05, 4.69) is 0 Å². The molecule has 0 heterocycles. The average molecular weight is 262 g/mol. The van der Waals surface area contributed by atoms with Gasteiger partial charge < -0.3 is 19.9 Å². The molecule has 0 spiro atoms. The van der Waals surface area contributed by atoms with Gasteiger partial charge in [0.25, 0.3) is 0 Å². The van der Waals surface area contributed by atoms with Crippen LogP contribution in [0.3, 0.4) is 0 Å². The molecule has 0 fully saturated rings. The molecule has 6 heteroatoms. The van der Waals surface area contributed by atoms with Gasteiger partial charge >= 0.3 is 7.12 Å². The van der Waals surface area contributed by atoms with Crippen LogP contribution in [-0.4, -0.2) is 22.3 Å². The molecule has 0 saturated carbocycles. The largest absolute Gasteiger partial charge is 0.508 e. The number of rotatable bonds is 4. The second-order valence-corrected chi connectivity index (χ2v) is 4.01. The molecule has 0 saturated heterocycles. The molecule has 2 aromatic rings. The Bertz CT molecular complexity index is 557. The molecule has 2 rings (SSSR count). The topological polar surface area (TPSA) is 69.9 Å². The lowest BCUT2D eigenvalue weighted by Gasteiger charge is -2.11. The quantitative estimate of drug-likeness (QED) is 0.712. The van der Waals surface area contributed by atoms with Crippen molar-refractivity contribution in [3.8, 4) is 11.5 Å². The summed E-state index contributed by atoms with van der Waals surface area (Å²) in [5, 5.41) is 27.4. The van der Waals surface area contributed by atoms with Crippen LogP contribution in [0, 0.1) is 5.82 Å². The SMILES string of the molecule is OB(O)c1ccc(F)cc1OCc1ccc(O)cc1. The Morgan fingerprint density at radius 2 is 1.74 bits per heavy atom. The number of hydrogen-bond acceptors (Lipinski definition) is 4. The highest BCUT2D eigenvalue weighted by molar-refractivity contribution is 6.59. The number of benzene rings is 2. The number of halogens is 1. The van der Waals surface area contributed by atoms with Crippen molar-refractivity contribution in [1.82, 2.24) is 0 Å². The summed E-state index contributed by atoms with van der Waals surface area (Å²) >= 11 is 0. The normalized spacial score (nSPS) is 10.3. The van der Waals surface area contributed by atoms with Crippen molar-refractivity contribution < 1.29 is 24.3 Å². The van der Waals surface area contributed by atoms with Crippen LogP contribution in [0.5, 0.6) is 11.5 Å². The fraction of sp³-hybridized carbons (Fsp3) is 0.0769. The van der Waals surface area contributed by atoms with Gasteiger partial charge in [-0.15, -0.1) is 0 Å². The fourth-order valence-electron chi connectivity index (χ4n) is 1.60. The zero-order valence-corrected chi connectivity index (χ0v) is 9.95. The first-order chi connectivity index (χ1) is 9.06. The van der Waals surface area contributed by atoms with Gasteiger partial charge in [0.05, 0.1) is 0 Å². The lowest BCUT2D eigenvalue weighted by Crippen LogP contribution is -2.31. The Balaban J connectivity index is 2.14. The molecule has 2 aromatic carbocycles. The summed E-state index contributed by atoms with van der Waals surface area (Å²) in [6, 6.07) is 9.80. The number of aromatic hydroxyl groups is 1. The van der Waals surface area contributed by atoms with Crippen LogP contribution < -0.4 is 10.2 Å². The van der Waals surface area contributed by atoms with Crippen LogP contribution in [0.1, 0.15) is 5.56 Å². The zero-order valence-electron chi connectivity index (χ0n) is 9.95. The zero-order chi connectivity index (χ0) is 13.8. The van der Waals surface area contributed by atoms with Crippen molar-refractivity contribution in [3.63, 3.8) is 0 Å². The highest BCUT2D eigenvalue weighted by Crippen LogP contribution is 2.15. The van der Waals surface area contributed by atoms with E-state index in [9.17, 15) is 4.39 Å². The van der Waals surface area contributed by atoms with E-state index in [4.69, 9.17) is 19.9 Å². The van der Waals surface area contributed by atoms with Crippen LogP contribution in [-0.2, 0) is 6.61 Å². The molecule has 0 radical (unpaired) electrons. The highest BCUT2D eigenvalue weighted by atomic mass is 19.1. The third-order valence-corrected chi connectivity index (χ3v) is 2.58. The minimum atomic E-state index is -1.73. The maximum atomic E-state index is 13.1. The third-order valence-electron chi connectivity index (χ3n) is 2.58. The molecular weight excluding hydrogens is 250 g/mol. The molecule has 0 amide bonds. The molecule has 19 heavy (non-hydrogen) atoms. The molecule has 98 valence electrons. The number of phenolic OH excluding ortho intramolecular Hbond substituents is 1. The second-order valence-electron chi connectivity index (χ2n) is 4.01. The number of hydrogen-bond donors (Lipinski definition) is 3. The van der Waals surface area contributed by atoms with E-state index in [1.165, 1.54) is 18.2 Å². The van der Waals surface area contributed by atoms with Gasteiger partial charge in [-0.2, -0.15) is 0 Å². The molecule has 0 atom stereocenters. The van der Waals surface area contributed by atoms with Crippen LogP contribution in [0.2, 0.25) is 0 Å². The van der Waals surface area contributed by atoms with E-state index in [-0.39, 0.29) is 23.6 Å². The van der Waals surface area contributed by atoms with E-state index in [1.54, 1.807) is 12.1 Å². The summed E-state index contributed by atoms with van der Waals surface area (Å²) < 4.78 is 18.5. The molecular formula is C13H12BFO4. The lowest BCUT2D eigenvalue weighted by molar-refractivity contribution is 0.305. The maximum Gasteiger partial charge on any atom is 0.492 e. The summed E-state index contributed by atoms with van der Waals surface area (Å²) in [6.45, 7) is 0.128. The lowest BCUT2D eigenvalue weighted by atomic mass is 9.79. The van der Waals surface area contributed by atoms with Gasteiger partial charge in [0, 0.05) is 11.5 Å². The molecule has 0 unspecified atom stereocenters. The van der Waals surface area contributed by atoms with E-state index < -0.39 is 12.9 Å². The standard InChI is InChI=1S/C13H12BFO4/c15-10-3-6-12(14(17)18)13(7-10)19-8-9-1-4-11(16)5-2-9/h1-7,16-18H,8H2. The molecule has 0 aliphatic heterocycles. The van der Waals surface area contributed by atoms with Crippen molar-refractivity contribution in [2.75, 3.05) is 0 Å². The van der Waals surface area contributed by atoms with Gasteiger partial charge in [-0.1, -0.05) is 18.2 Å². The third kappa shape index (κ3) is 3.46. The van der Waals surface area contributed by atoms with E-state index in [0.717, 1.165) is 17.7 Å². The summed E-state index contributed by atoms with van der Waals surface area (Å²) in [6.07, 6.45) is 0. The van der Waals surface area contributed by atoms with Crippen LogP contribution in [0.15, 0.2) is 42.5 Å². The summed E-state index contributed by atoms with van der Waals surface area (Å²) in [7, 11) is -1.73. The summed E-state index contributed by atoms with van der Waals surface area (Å²) in [5.74, 6) is -0.311. The van der Waals surface area contributed by atoms with Gasteiger partial charge in [-0.3, -0.25) is 0 Å². The first kappa shape index (κ1) is 13.4. The first-order valence-corrected chi connectivity index (χ1v) is 5.62. The van der Waals surface area contributed by atoms with Gasteiger partial charge in [-0.05, 0) is 23.8 Å². The highest BCUT2D eigenvalue weighted by Gasteiger charge is 2.17. The van der Waals surface area contributed by atoms with Crippen molar-refractivity contribution in [3.05, 3.63) is 53.8 Å². The Kier molecular flexibility index (Phi) is 4.04. The van der Waals surface area contributed by atoms with Gasteiger partial charge in [0.2, 0.25) is 0 Å². The average Bonchev–Trinajstić information content (AvgIpc) is 2.38. The molecule has 0 aliphatic carbocycles. The van der Waals surface area contributed by atoms with Crippen LogP contribution in [0.4, 0.5) is 4.39 Å². The van der Waals surface area contributed by atoms with E-state index in [0.29, 0.717) is 0 Å². The van der Waals surface area contributed by atoms with Crippen LogP contribution in [0.25, 0.3) is 0 Å². The van der Waals surface area contributed by atoms with Gasteiger partial charge in [0.1, 0.15) is 23.9 Å². The Hall–Kier alpha value is -2.05. The first-order valence-electron chi connectivity index (χ1n) is 5.62.